The van der Waals surface area contributed by atoms with Gasteiger partial charge in [-0.2, -0.15) is 5.10 Å². The highest BCUT2D eigenvalue weighted by Crippen LogP contribution is 2.32. The zero-order valence-electron chi connectivity index (χ0n) is 11.9. The highest BCUT2D eigenvalue weighted by Gasteiger charge is 2.35. The summed E-state index contributed by atoms with van der Waals surface area (Å²) in [5, 5.41) is 6.78. The maximum absolute atomic E-state index is 12.6. The number of carbonyl (C=O) groups excluding carboxylic acids is 2. The summed E-state index contributed by atoms with van der Waals surface area (Å²) in [6.07, 6.45) is 3.73. The Balaban J connectivity index is 1.79. The van der Waals surface area contributed by atoms with E-state index in [2.05, 4.69) is 10.2 Å². The summed E-state index contributed by atoms with van der Waals surface area (Å²) in [6.45, 7) is 1.91. The fourth-order valence-electron chi connectivity index (χ4n) is 3.12. The Morgan fingerprint density at radius 2 is 2.24 bits per heavy atom. The van der Waals surface area contributed by atoms with Crippen molar-refractivity contribution in [2.45, 2.75) is 31.7 Å². The number of amides is 2. The highest BCUT2D eigenvalue weighted by atomic mass is 16.5. The van der Waals surface area contributed by atoms with Crippen LogP contribution in [-0.4, -0.2) is 46.7 Å². The molecule has 2 aliphatic rings. The number of rotatable bonds is 3. The van der Waals surface area contributed by atoms with Gasteiger partial charge in [0.05, 0.1) is 24.3 Å². The lowest BCUT2D eigenvalue weighted by Gasteiger charge is -2.36. The standard InChI is InChI=1S/C14H20N4O3/c15-13(19)11-7-10(16-17-11)12-3-1-2-5-18(12)14(20)9-4-6-21-8-9/h7,9,12H,1-6,8H2,(H2,15,19)(H,16,17). The van der Waals surface area contributed by atoms with E-state index in [1.165, 1.54) is 0 Å². The lowest BCUT2D eigenvalue weighted by atomic mass is 9.96. The predicted octanol–water partition coefficient (Wildman–Crippen LogP) is 0.599. The molecule has 0 radical (unpaired) electrons. The number of nitrogens with one attached hydrogen (secondary N) is 1. The summed E-state index contributed by atoms with van der Waals surface area (Å²) < 4.78 is 5.32. The van der Waals surface area contributed by atoms with Gasteiger partial charge in [-0.1, -0.05) is 0 Å². The molecule has 2 atom stereocenters. The monoisotopic (exact) mass is 292 g/mol. The smallest absolute Gasteiger partial charge is 0.269 e. The van der Waals surface area contributed by atoms with Gasteiger partial charge in [0.25, 0.3) is 5.91 Å². The zero-order chi connectivity index (χ0) is 14.8. The number of nitrogens with zero attached hydrogens (tertiary/aromatic N) is 2. The number of ether oxygens (including phenoxy) is 1. The number of aromatic amines is 1. The third kappa shape index (κ3) is 2.78. The van der Waals surface area contributed by atoms with Crippen LogP contribution in [0.5, 0.6) is 0 Å². The third-order valence-electron chi connectivity index (χ3n) is 4.27. The summed E-state index contributed by atoms with van der Waals surface area (Å²) in [5.74, 6) is -0.452. The van der Waals surface area contributed by atoms with E-state index in [0.29, 0.717) is 13.2 Å². The minimum atomic E-state index is -0.560. The summed E-state index contributed by atoms with van der Waals surface area (Å²) in [4.78, 5) is 25.7. The van der Waals surface area contributed by atoms with Crippen molar-refractivity contribution >= 4 is 11.8 Å². The van der Waals surface area contributed by atoms with Gasteiger partial charge < -0.3 is 15.4 Å². The molecule has 0 aromatic carbocycles. The molecule has 7 nitrogen and oxygen atoms in total. The van der Waals surface area contributed by atoms with Crippen LogP contribution < -0.4 is 5.73 Å². The number of nitrogens with two attached hydrogens (primary N) is 1. The third-order valence-corrected chi connectivity index (χ3v) is 4.27. The van der Waals surface area contributed by atoms with E-state index in [1.807, 2.05) is 4.90 Å². The summed E-state index contributed by atoms with van der Waals surface area (Å²) in [7, 11) is 0. The molecule has 3 heterocycles. The van der Waals surface area contributed by atoms with E-state index in [1.54, 1.807) is 6.07 Å². The number of carbonyl (C=O) groups is 2. The maximum atomic E-state index is 12.6. The van der Waals surface area contributed by atoms with Gasteiger partial charge >= 0.3 is 0 Å². The number of hydrogen-bond acceptors (Lipinski definition) is 4. The van der Waals surface area contributed by atoms with Crippen molar-refractivity contribution in [1.29, 1.82) is 0 Å². The van der Waals surface area contributed by atoms with Crippen molar-refractivity contribution < 1.29 is 14.3 Å². The van der Waals surface area contributed by atoms with E-state index in [4.69, 9.17) is 10.5 Å². The average Bonchev–Trinajstić information content (AvgIpc) is 3.18. The molecule has 0 spiro atoms. The topological polar surface area (TPSA) is 101 Å². The molecule has 1 aromatic heterocycles. The van der Waals surface area contributed by atoms with Gasteiger partial charge in [0.2, 0.25) is 5.91 Å². The highest BCUT2D eigenvalue weighted by molar-refractivity contribution is 5.90. The lowest BCUT2D eigenvalue weighted by molar-refractivity contribution is -0.139. The second-order valence-electron chi connectivity index (χ2n) is 5.68. The first kappa shape index (κ1) is 14.1. The minimum Gasteiger partial charge on any atom is -0.381 e. The van der Waals surface area contributed by atoms with Gasteiger partial charge in [-0.25, -0.2) is 0 Å². The second-order valence-corrected chi connectivity index (χ2v) is 5.68. The minimum absolute atomic E-state index is 0.0378. The van der Waals surface area contributed by atoms with Crippen LogP contribution in [-0.2, 0) is 9.53 Å². The molecule has 2 aliphatic heterocycles. The SMILES string of the molecule is NC(=O)c1cc(C2CCCCN2C(=O)C2CCOC2)[nH]n1. The molecule has 2 unspecified atom stereocenters. The predicted molar refractivity (Wildman–Crippen MR) is 74.3 cm³/mol. The molecule has 21 heavy (non-hydrogen) atoms. The Labute approximate surface area is 122 Å². The Morgan fingerprint density at radius 3 is 2.90 bits per heavy atom. The van der Waals surface area contributed by atoms with E-state index in [9.17, 15) is 9.59 Å². The number of aromatic nitrogens is 2. The van der Waals surface area contributed by atoms with Gasteiger partial charge in [-0.3, -0.25) is 14.7 Å². The molecule has 1 aromatic rings. The van der Waals surface area contributed by atoms with Gasteiger partial charge in [-0.05, 0) is 31.7 Å². The van der Waals surface area contributed by atoms with Gasteiger partial charge in [0.1, 0.15) is 5.69 Å². The molecule has 3 N–H and O–H groups in total. The van der Waals surface area contributed by atoms with Crippen LogP contribution in [0.2, 0.25) is 0 Å². The van der Waals surface area contributed by atoms with Crippen LogP contribution in [0, 0.1) is 5.92 Å². The molecule has 2 saturated heterocycles. The quantitative estimate of drug-likeness (QED) is 0.851. The van der Waals surface area contributed by atoms with Crippen molar-refractivity contribution in [1.82, 2.24) is 15.1 Å². The fourth-order valence-corrected chi connectivity index (χ4v) is 3.12. The van der Waals surface area contributed by atoms with Gasteiger partial charge in [0.15, 0.2) is 0 Å². The van der Waals surface area contributed by atoms with Crippen LogP contribution in [0.1, 0.15) is 47.9 Å². The van der Waals surface area contributed by atoms with Gasteiger partial charge in [-0.15, -0.1) is 0 Å². The first-order valence-electron chi connectivity index (χ1n) is 7.40. The summed E-state index contributed by atoms with van der Waals surface area (Å²) in [5.41, 5.74) is 6.23. The average molecular weight is 292 g/mol. The molecule has 7 heteroatoms. The van der Waals surface area contributed by atoms with Crippen LogP contribution in [0.3, 0.4) is 0 Å². The van der Waals surface area contributed by atoms with Gasteiger partial charge in [0, 0.05) is 13.2 Å². The summed E-state index contributed by atoms with van der Waals surface area (Å²) in [6, 6.07) is 1.61. The van der Waals surface area contributed by atoms with E-state index >= 15 is 0 Å². The zero-order valence-corrected chi connectivity index (χ0v) is 11.9. The lowest BCUT2D eigenvalue weighted by Crippen LogP contribution is -2.42. The second kappa shape index (κ2) is 5.85. The van der Waals surface area contributed by atoms with E-state index in [-0.39, 0.29) is 23.6 Å². The van der Waals surface area contributed by atoms with Crippen molar-refractivity contribution in [2.75, 3.05) is 19.8 Å². The number of primary amides is 1. The van der Waals surface area contributed by atoms with Crippen molar-refractivity contribution in [3.05, 3.63) is 17.5 Å². The Hall–Kier alpha value is -1.89. The number of likely N-dealkylation sites (tertiary alicyclic amines) is 1. The van der Waals surface area contributed by atoms with Crippen LogP contribution in [0.15, 0.2) is 6.07 Å². The molecule has 0 saturated carbocycles. The summed E-state index contributed by atoms with van der Waals surface area (Å²) >= 11 is 0. The first-order chi connectivity index (χ1) is 10.2. The maximum Gasteiger partial charge on any atom is 0.269 e. The first-order valence-corrected chi connectivity index (χ1v) is 7.40. The molecule has 3 rings (SSSR count). The molecule has 0 bridgehead atoms. The molecular formula is C14H20N4O3. The molecular weight excluding hydrogens is 272 g/mol. The van der Waals surface area contributed by atoms with Crippen molar-refractivity contribution in [2.24, 2.45) is 11.7 Å². The van der Waals surface area contributed by atoms with Crippen LogP contribution in [0.25, 0.3) is 0 Å². The Kier molecular flexibility index (Phi) is 3.92. The number of piperidine rings is 1. The fraction of sp³-hybridized carbons (Fsp3) is 0.643. The van der Waals surface area contributed by atoms with E-state index < -0.39 is 5.91 Å². The van der Waals surface area contributed by atoms with Crippen molar-refractivity contribution in [3.8, 4) is 0 Å². The molecule has 114 valence electrons. The molecule has 2 fully saturated rings. The van der Waals surface area contributed by atoms with Crippen LogP contribution in [0.4, 0.5) is 0 Å². The number of H-pyrrole nitrogens is 1. The van der Waals surface area contributed by atoms with Crippen LogP contribution >= 0.6 is 0 Å². The normalized spacial score (nSPS) is 26.0. The molecule has 0 aliphatic carbocycles. The number of hydrogen-bond donors (Lipinski definition) is 2. The Bertz CT molecular complexity index is 536. The molecule has 2 amide bonds. The van der Waals surface area contributed by atoms with E-state index in [0.717, 1.165) is 37.9 Å². The van der Waals surface area contributed by atoms with Crippen molar-refractivity contribution in [3.63, 3.8) is 0 Å². The Morgan fingerprint density at radius 1 is 1.38 bits per heavy atom. The largest absolute Gasteiger partial charge is 0.381 e.